The highest BCUT2D eigenvalue weighted by atomic mass is 16.3. The number of piperazine rings is 1. The lowest BCUT2D eigenvalue weighted by atomic mass is 10.1. The van der Waals surface area contributed by atoms with Gasteiger partial charge in [0.25, 0.3) is 0 Å². The van der Waals surface area contributed by atoms with Crippen molar-refractivity contribution in [1.82, 2.24) is 0 Å². The first-order valence-electron chi connectivity index (χ1n) is 6.13. The van der Waals surface area contributed by atoms with Gasteiger partial charge in [0, 0.05) is 0 Å². The highest BCUT2D eigenvalue weighted by molar-refractivity contribution is 5.17. The molecule has 0 bridgehead atoms. The molecule has 3 heteroatoms. The molecule has 0 radical (unpaired) electrons. The fraction of sp³-hybridized carbons (Fsp3) is 0.538. The van der Waals surface area contributed by atoms with Crippen LogP contribution in [0.15, 0.2) is 30.3 Å². The van der Waals surface area contributed by atoms with Gasteiger partial charge in [-0.2, -0.15) is 0 Å². The van der Waals surface area contributed by atoms with E-state index in [-0.39, 0.29) is 6.10 Å². The van der Waals surface area contributed by atoms with Crippen molar-refractivity contribution in [3.63, 3.8) is 0 Å². The summed E-state index contributed by atoms with van der Waals surface area (Å²) >= 11 is 0. The third-order valence-electron chi connectivity index (χ3n) is 3.48. The van der Waals surface area contributed by atoms with Crippen LogP contribution in [0.1, 0.15) is 11.7 Å². The molecule has 1 heterocycles. The van der Waals surface area contributed by atoms with E-state index >= 15 is 0 Å². The lowest BCUT2D eigenvalue weighted by Crippen LogP contribution is -3.27. The minimum absolute atomic E-state index is 0.311. The van der Waals surface area contributed by atoms with Crippen LogP contribution in [0.3, 0.4) is 0 Å². The van der Waals surface area contributed by atoms with Crippen molar-refractivity contribution in [3.8, 4) is 0 Å². The van der Waals surface area contributed by atoms with Crippen LogP contribution in [0.25, 0.3) is 0 Å². The van der Waals surface area contributed by atoms with Gasteiger partial charge in [-0.3, -0.25) is 0 Å². The van der Waals surface area contributed by atoms with Crippen LogP contribution in [-0.2, 0) is 0 Å². The maximum Gasteiger partial charge on any atom is 0.128 e. The van der Waals surface area contributed by atoms with Crippen LogP contribution in [0.2, 0.25) is 0 Å². The van der Waals surface area contributed by atoms with E-state index in [1.54, 1.807) is 4.90 Å². The predicted molar refractivity (Wildman–Crippen MR) is 63.6 cm³/mol. The van der Waals surface area contributed by atoms with E-state index in [1.807, 2.05) is 30.3 Å². The highest BCUT2D eigenvalue weighted by Crippen LogP contribution is 2.09. The molecule has 3 nitrogen and oxygen atoms in total. The summed E-state index contributed by atoms with van der Waals surface area (Å²) in [6.07, 6.45) is -0.311. The predicted octanol–water partition coefficient (Wildman–Crippen LogP) is -1.87. The number of rotatable bonds is 3. The average Bonchev–Trinajstić information content (AvgIpc) is 2.33. The van der Waals surface area contributed by atoms with Gasteiger partial charge in [-0.15, -0.1) is 0 Å². The normalized spacial score (nSPS) is 27.6. The molecule has 0 aromatic heterocycles. The molecule has 0 spiro atoms. The summed E-state index contributed by atoms with van der Waals surface area (Å²) < 4.78 is 0. The summed E-state index contributed by atoms with van der Waals surface area (Å²) in [7, 11) is 2.24. The largest absolute Gasteiger partial charge is 0.382 e. The third-order valence-corrected chi connectivity index (χ3v) is 3.48. The number of nitrogens with one attached hydrogen (secondary N) is 2. The standard InChI is InChI=1S/C13H20N2O/c1-14-7-9-15(10-8-14)11-13(16)12-5-3-2-4-6-12/h2-6,13,16H,7-11H2,1H3/p+2/t13-/m0/s1. The molecular weight excluding hydrogens is 200 g/mol. The molecule has 16 heavy (non-hydrogen) atoms. The fourth-order valence-corrected chi connectivity index (χ4v) is 2.30. The average molecular weight is 222 g/mol. The van der Waals surface area contributed by atoms with Crippen LogP contribution >= 0.6 is 0 Å². The summed E-state index contributed by atoms with van der Waals surface area (Å²) in [5.41, 5.74) is 1.04. The molecular formula is C13H22N2O+2. The molecule has 2 rings (SSSR count). The number of aliphatic hydroxyl groups is 1. The second-order valence-corrected chi connectivity index (χ2v) is 4.84. The first-order valence-corrected chi connectivity index (χ1v) is 6.13. The van der Waals surface area contributed by atoms with Crippen LogP contribution in [-0.4, -0.2) is 44.9 Å². The molecule has 1 saturated heterocycles. The zero-order valence-electron chi connectivity index (χ0n) is 9.95. The monoisotopic (exact) mass is 222 g/mol. The Morgan fingerprint density at radius 1 is 1.12 bits per heavy atom. The zero-order chi connectivity index (χ0) is 11.4. The molecule has 1 aromatic rings. The van der Waals surface area contributed by atoms with Crippen LogP contribution in [0, 0.1) is 0 Å². The van der Waals surface area contributed by atoms with Crippen LogP contribution in [0.4, 0.5) is 0 Å². The molecule has 1 fully saturated rings. The molecule has 1 aromatic carbocycles. The smallest absolute Gasteiger partial charge is 0.128 e. The molecule has 1 atom stereocenters. The molecule has 1 aliphatic rings. The number of hydrogen-bond acceptors (Lipinski definition) is 1. The van der Waals surface area contributed by atoms with Crippen molar-refractivity contribution in [2.24, 2.45) is 0 Å². The maximum absolute atomic E-state index is 10.1. The van der Waals surface area contributed by atoms with Crippen molar-refractivity contribution >= 4 is 0 Å². The van der Waals surface area contributed by atoms with E-state index in [4.69, 9.17) is 0 Å². The highest BCUT2D eigenvalue weighted by Gasteiger charge is 2.22. The molecule has 88 valence electrons. The topological polar surface area (TPSA) is 29.1 Å². The SMILES string of the molecule is C[NH+]1CC[NH+](C[C@H](O)c2ccccc2)CC1. The second-order valence-electron chi connectivity index (χ2n) is 4.84. The van der Waals surface area contributed by atoms with E-state index in [9.17, 15) is 5.11 Å². The van der Waals surface area contributed by atoms with Gasteiger partial charge >= 0.3 is 0 Å². The van der Waals surface area contributed by atoms with Gasteiger partial charge in [0.05, 0.1) is 7.05 Å². The van der Waals surface area contributed by atoms with Crippen LogP contribution in [0.5, 0.6) is 0 Å². The first-order chi connectivity index (χ1) is 7.75. The minimum atomic E-state index is -0.311. The van der Waals surface area contributed by atoms with Gasteiger partial charge in [-0.1, -0.05) is 30.3 Å². The Morgan fingerprint density at radius 2 is 1.75 bits per heavy atom. The van der Waals surface area contributed by atoms with E-state index in [1.165, 1.54) is 31.1 Å². The third kappa shape index (κ3) is 3.04. The molecule has 0 unspecified atom stereocenters. The van der Waals surface area contributed by atoms with Crippen molar-refractivity contribution in [1.29, 1.82) is 0 Å². The summed E-state index contributed by atoms with van der Waals surface area (Å²) in [5, 5.41) is 10.1. The van der Waals surface area contributed by atoms with Gasteiger partial charge in [0.15, 0.2) is 0 Å². The minimum Gasteiger partial charge on any atom is -0.382 e. The first kappa shape index (κ1) is 11.6. The van der Waals surface area contributed by atoms with E-state index in [0.29, 0.717) is 0 Å². The van der Waals surface area contributed by atoms with Crippen LogP contribution < -0.4 is 9.80 Å². The lowest BCUT2D eigenvalue weighted by Gasteiger charge is -2.28. The zero-order valence-corrected chi connectivity index (χ0v) is 9.95. The van der Waals surface area contributed by atoms with Crippen molar-refractivity contribution in [3.05, 3.63) is 35.9 Å². The van der Waals surface area contributed by atoms with Crippen molar-refractivity contribution in [2.45, 2.75) is 6.10 Å². The molecule has 3 N–H and O–H groups in total. The van der Waals surface area contributed by atoms with E-state index in [2.05, 4.69) is 7.05 Å². The van der Waals surface area contributed by atoms with Gasteiger partial charge in [0.2, 0.25) is 0 Å². The number of quaternary nitrogens is 2. The molecule has 1 aliphatic heterocycles. The number of hydrogen-bond donors (Lipinski definition) is 3. The fourth-order valence-electron chi connectivity index (χ4n) is 2.30. The number of benzene rings is 1. The summed E-state index contributed by atoms with van der Waals surface area (Å²) in [4.78, 5) is 3.14. The van der Waals surface area contributed by atoms with Crippen molar-refractivity contribution < 1.29 is 14.9 Å². The lowest BCUT2D eigenvalue weighted by molar-refractivity contribution is -1.00. The summed E-state index contributed by atoms with van der Waals surface area (Å²) in [6.45, 7) is 5.64. The van der Waals surface area contributed by atoms with Crippen molar-refractivity contribution in [2.75, 3.05) is 39.8 Å². The Morgan fingerprint density at radius 3 is 2.38 bits per heavy atom. The number of aliphatic hydroxyl groups excluding tert-OH is 1. The molecule has 0 aliphatic carbocycles. The Bertz CT molecular complexity index is 307. The van der Waals surface area contributed by atoms with Gasteiger partial charge in [-0.05, 0) is 5.56 Å². The second kappa shape index (κ2) is 5.43. The Kier molecular flexibility index (Phi) is 3.93. The molecule has 0 amide bonds. The Labute approximate surface area is 97.3 Å². The quantitative estimate of drug-likeness (QED) is 0.550. The number of likely N-dealkylation sites (N-methyl/N-ethyl adjacent to an activating group) is 1. The Hall–Kier alpha value is -0.900. The van der Waals surface area contributed by atoms with Gasteiger partial charge in [-0.25, -0.2) is 0 Å². The van der Waals surface area contributed by atoms with Gasteiger partial charge in [0.1, 0.15) is 38.8 Å². The van der Waals surface area contributed by atoms with E-state index < -0.39 is 0 Å². The van der Waals surface area contributed by atoms with Gasteiger partial charge < -0.3 is 14.9 Å². The van der Waals surface area contributed by atoms with E-state index in [0.717, 1.165) is 12.1 Å². The Balaban J connectivity index is 1.86. The molecule has 0 saturated carbocycles. The summed E-state index contributed by atoms with van der Waals surface area (Å²) in [6, 6.07) is 9.98. The maximum atomic E-state index is 10.1. The summed E-state index contributed by atoms with van der Waals surface area (Å²) in [5.74, 6) is 0.